The Hall–Kier alpha value is -1.59. The molecule has 1 amide bonds. The zero-order valence-electron chi connectivity index (χ0n) is 14.0. The van der Waals surface area contributed by atoms with Crippen molar-refractivity contribution in [3.8, 4) is 5.75 Å². The van der Waals surface area contributed by atoms with Crippen LogP contribution < -0.4 is 4.74 Å². The van der Waals surface area contributed by atoms with Crippen LogP contribution in [0.2, 0.25) is 0 Å². The van der Waals surface area contributed by atoms with E-state index in [9.17, 15) is 4.79 Å². The van der Waals surface area contributed by atoms with E-state index in [1.165, 1.54) is 5.56 Å². The van der Waals surface area contributed by atoms with Crippen LogP contribution in [0.1, 0.15) is 25.3 Å². The van der Waals surface area contributed by atoms with Gasteiger partial charge in [-0.05, 0) is 37.5 Å². The van der Waals surface area contributed by atoms with Gasteiger partial charge in [-0.25, -0.2) is 0 Å². The van der Waals surface area contributed by atoms with Crippen LogP contribution in [-0.4, -0.2) is 61.1 Å². The number of carbonyl (C=O) groups is 1. The minimum atomic E-state index is 0.110. The number of amides is 1. The predicted molar refractivity (Wildman–Crippen MR) is 88.4 cm³/mol. The summed E-state index contributed by atoms with van der Waals surface area (Å²) < 4.78 is 11.3. The number of piperazine rings is 1. The summed E-state index contributed by atoms with van der Waals surface area (Å²) in [7, 11) is 1.68. The summed E-state index contributed by atoms with van der Waals surface area (Å²) in [5.41, 5.74) is 1.28. The van der Waals surface area contributed by atoms with Crippen molar-refractivity contribution >= 4 is 6.41 Å². The van der Waals surface area contributed by atoms with Crippen molar-refractivity contribution in [3.63, 3.8) is 0 Å². The van der Waals surface area contributed by atoms with Crippen molar-refractivity contribution in [2.45, 2.75) is 38.0 Å². The SMILES string of the molecule is COc1ccc(CO[C@@H]2CC[C@@]3(C)CN(C=O)CCN3C2)cc1. The van der Waals surface area contributed by atoms with E-state index in [0.29, 0.717) is 6.61 Å². The molecule has 2 saturated heterocycles. The van der Waals surface area contributed by atoms with Gasteiger partial charge in [-0.1, -0.05) is 12.1 Å². The highest BCUT2D eigenvalue weighted by Crippen LogP contribution is 2.32. The zero-order valence-corrected chi connectivity index (χ0v) is 14.0. The lowest BCUT2D eigenvalue weighted by Crippen LogP contribution is -2.64. The molecule has 126 valence electrons. The summed E-state index contributed by atoms with van der Waals surface area (Å²) in [6, 6.07) is 8.04. The summed E-state index contributed by atoms with van der Waals surface area (Å²) in [6.45, 7) is 6.46. The average Bonchev–Trinajstić information content (AvgIpc) is 2.59. The summed E-state index contributed by atoms with van der Waals surface area (Å²) >= 11 is 0. The van der Waals surface area contributed by atoms with Gasteiger partial charge in [-0.3, -0.25) is 9.69 Å². The van der Waals surface area contributed by atoms with Crippen LogP contribution in [-0.2, 0) is 16.1 Å². The van der Waals surface area contributed by atoms with E-state index in [1.807, 2.05) is 17.0 Å². The number of methoxy groups -OCH3 is 1. The Kier molecular flexibility index (Phi) is 4.87. The molecule has 0 saturated carbocycles. The maximum absolute atomic E-state index is 11.0. The number of fused-ring (bicyclic) bond motifs is 1. The molecule has 0 spiro atoms. The normalized spacial score (nSPS) is 28.3. The summed E-state index contributed by atoms with van der Waals surface area (Å²) in [4.78, 5) is 15.4. The van der Waals surface area contributed by atoms with Crippen molar-refractivity contribution in [2.75, 3.05) is 33.3 Å². The average molecular weight is 318 g/mol. The van der Waals surface area contributed by atoms with Crippen molar-refractivity contribution < 1.29 is 14.3 Å². The summed E-state index contributed by atoms with van der Waals surface area (Å²) in [5.74, 6) is 0.871. The van der Waals surface area contributed by atoms with E-state index in [-0.39, 0.29) is 11.6 Å². The highest BCUT2D eigenvalue weighted by Gasteiger charge is 2.41. The Morgan fingerprint density at radius 3 is 2.78 bits per heavy atom. The quantitative estimate of drug-likeness (QED) is 0.778. The van der Waals surface area contributed by atoms with E-state index in [2.05, 4.69) is 24.0 Å². The Morgan fingerprint density at radius 2 is 2.09 bits per heavy atom. The Balaban J connectivity index is 1.52. The van der Waals surface area contributed by atoms with E-state index in [0.717, 1.165) is 51.2 Å². The highest BCUT2D eigenvalue weighted by atomic mass is 16.5. The van der Waals surface area contributed by atoms with Gasteiger partial charge in [0.05, 0.1) is 19.8 Å². The second-order valence-electron chi connectivity index (χ2n) is 6.84. The van der Waals surface area contributed by atoms with Gasteiger partial charge in [0.2, 0.25) is 6.41 Å². The number of benzene rings is 1. The fourth-order valence-electron chi connectivity index (χ4n) is 3.66. The number of nitrogens with zero attached hydrogens (tertiary/aromatic N) is 2. The third-order valence-corrected chi connectivity index (χ3v) is 5.19. The largest absolute Gasteiger partial charge is 0.497 e. The maximum Gasteiger partial charge on any atom is 0.209 e. The molecule has 2 aliphatic rings. The summed E-state index contributed by atoms with van der Waals surface area (Å²) in [5, 5.41) is 0. The number of hydrogen-bond donors (Lipinski definition) is 0. The van der Waals surface area contributed by atoms with Gasteiger partial charge in [0.25, 0.3) is 0 Å². The number of ether oxygens (including phenoxy) is 2. The number of rotatable bonds is 5. The molecular weight excluding hydrogens is 292 g/mol. The predicted octanol–water partition coefficient (Wildman–Crippen LogP) is 1.91. The molecule has 1 aromatic carbocycles. The first kappa shape index (κ1) is 16.3. The summed E-state index contributed by atoms with van der Waals surface area (Å²) in [6.07, 6.45) is 3.38. The zero-order chi connectivity index (χ0) is 16.3. The van der Waals surface area contributed by atoms with Gasteiger partial charge in [-0.2, -0.15) is 0 Å². The molecule has 0 unspecified atom stereocenters. The molecule has 2 atom stereocenters. The topological polar surface area (TPSA) is 42.0 Å². The number of piperidine rings is 1. The van der Waals surface area contributed by atoms with Gasteiger partial charge in [0, 0.05) is 31.7 Å². The Labute approximate surface area is 138 Å². The third-order valence-electron chi connectivity index (χ3n) is 5.19. The van der Waals surface area contributed by atoms with Crippen molar-refractivity contribution in [3.05, 3.63) is 29.8 Å². The lowest BCUT2D eigenvalue weighted by atomic mass is 9.85. The molecule has 0 radical (unpaired) electrons. The first-order valence-electron chi connectivity index (χ1n) is 8.32. The van der Waals surface area contributed by atoms with Crippen LogP contribution >= 0.6 is 0 Å². The third kappa shape index (κ3) is 3.67. The number of hydrogen-bond acceptors (Lipinski definition) is 4. The second-order valence-corrected chi connectivity index (χ2v) is 6.84. The lowest BCUT2D eigenvalue weighted by Gasteiger charge is -2.52. The molecule has 0 bridgehead atoms. The standard InChI is InChI=1S/C18H26N2O3/c1-18-8-7-17(11-20(18)10-9-19(13-18)14-21)23-12-15-3-5-16(22-2)6-4-15/h3-6,14,17H,7-13H2,1-2H3/t17-,18+/m1/s1. The van der Waals surface area contributed by atoms with Crippen molar-refractivity contribution in [1.29, 1.82) is 0 Å². The van der Waals surface area contributed by atoms with Crippen molar-refractivity contribution in [1.82, 2.24) is 9.80 Å². The van der Waals surface area contributed by atoms with Gasteiger partial charge in [-0.15, -0.1) is 0 Å². The molecule has 0 N–H and O–H groups in total. The minimum absolute atomic E-state index is 0.110. The van der Waals surface area contributed by atoms with Crippen LogP contribution in [0, 0.1) is 0 Å². The number of carbonyl (C=O) groups excluding carboxylic acids is 1. The smallest absolute Gasteiger partial charge is 0.209 e. The molecule has 0 aliphatic carbocycles. The molecule has 2 heterocycles. The monoisotopic (exact) mass is 318 g/mol. The maximum atomic E-state index is 11.0. The second kappa shape index (κ2) is 6.89. The molecule has 1 aromatic rings. The fraction of sp³-hybridized carbons (Fsp3) is 0.611. The minimum Gasteiger partial charge on any atom is -0.497 e. The molecule has 2 aliphatic heterocycles. The molecule has 23 heavy (non-hydrogen) atoms. The van der Waals surface area contributed by atoms with Crippen LogP contribution in [0.25, 0.3) is 0 Å². The van der Waals surface area contributed by atoms with Crippen molar-refractivity contribution in [2.24, 2.45) is 0 Å². The van der Waals surface area contributed by atoms with Crippen LogP contribution in [0.5, 0.6) is 5.75 Å². The van der Waals surface area contributed by atoms with E-state index in [4.69, 9.17) is 9.47 Å². The first-order valence-corrected chi connectivity index (χ1v) is 8.32. The molecule has 0 aromatic heterocycles. The first-order chi connectivity index (χ1) is 11.1. The van der Waals surface area contributed by atoms with Gasteiger partial charge < -0.3 is 14.4 Å². The Morgan fingerprint density at radius 1 is 1.30 bits per heavy atom. The lowest BCUT2D eigenvalue weighted by molar-refractivity contribution is -0.128. The molecule has 5 nitrogen and oxygen atoms in total. The van der Waals surface area contributed by atoms with E-state index >= 15 is 0 Å². The Bertz CT molecular complexity index is 534. The van der Waals surface area contributed by atoms with Crippen LogP contribution in [0.15, 0.2) is 24.3 Å². The molecule has 2 fully saturated rings. The highest BCUT2D eigenvalue weighted by molar-refractivity contribution is 5.47. The molecule has 5 heteroatoms. The molecular formula is C18H26N2O3. The van der Waals surface area contributed by atoms with Crippen LogP contribution in [0.3, 0.4) is 0 Å². The van der Waals surface area contributed by atoms with E-state index < -0.39 is 0 Å². The van der Waals surface area contributed by atoms with Gasteiger partial charge in [0.1, 0.15) is 5.75 Å². The fourth-order valence-corrected chi connectivity index (χ4v) is 3.66. The van der Waals surface area contributed by atoms with Gasteiger partial charge >= 0.3 is 0 Å². The van der Waals surface area contributed by atoms with Gasteiger partial charge in [0.15, 0.2) is 0 Å². The molecule has 3 rings (SSSR count). The van der Waals surface area contributed by atoms with Crippen LogP contribution in [0.4, 0.5) is 0 Å². The van der Waals surface area contributed by atoms with E-state index in [1.54, 1.807) is 7.11 Å².